The lowest BCUT2D eigenvalue weighted by molar-refractivity contribution is -0.129. The number of nitrogens with zero attached hydrogens (tertiary/aromatic N) is 1. The first-order valence-corrected chi connectivity index (χ1v) is 12.7. The zero-order valence-electron chi connectivity index (χ0n) is 20.3. The number of thiophene rings is 1. The SMILES string of the molecule is CCOc1cc(C2C(C(=O)c3cccs3)=C(O)C(=O)N2CCCOC)ccc1OCc1ccccc1. The van der Waals surface area contributed by atoms with Gasteiger partial charge in [-0.25, -0.2) is 0 Å². The number of Topliss-reactive ketones (excluding diaryl/α,β-unsaturated/α-hetero) is 1. The van der Waals surface area contributed by atoms with E-state index in [1.54, 1.807) is 36.8 Å². The lowest BCUT2D eigenvalue weighted by atomic mass is 9.95. The molecule has 0 fully saturated rings. The molecule has 188 valence electrons. The van der Waals surface area contributed by atoms with Crippen LogP contribution < -0.4 is 9.47 Å². The summed E-state index contributed by atoms with van der Waals surface area (Å²) in [6, 6.07) is 17.9. The van der Waals surface area contributed by atoms with E-state index < -0.39 is 17.7 Å². The van der Waals surface area contributed by atoms with Gasteiger partial charge in [0.2, 0.25) is 5.78 Å². The Morgan fingerprint density at radius 1 is 1.06 bits per heavy atom. The van der Waals surface area contributed by atoms with Crippen LogP contribution in [0, 0.1) is 0 Å². The van der Waals surface area contributed by atoms with Crippen LogP contribution in [0.15, 0.2) is 77.4 Å². The predicted octanol–water partition coefficient (Wildman–Crippen LogP) is 5.34. The molecule has 0 saturated heterocycles. The Bertz CT molecular complexity index is 1220. The third-order valence-electron chi connectivity index (χ3n) is 5.86. The number of benzene rings is 2. The number of carbonyl (C=O) groups excluding carboxylic acids is 2. The van der Waals surface area contributed by atoms with Gasteiger partial charge in [-0.3, -0.25) is 9.59 Å². The smallest absolute Gasteiger partial charge is 0.290 e. The largest absolute Gasteiger partial charge is 0.503 e. The first-order chi connectivity index (χ1) is 17.5. The zero-order valence-corrected chi connectivity index (χ0v) is 21.1. The van der Waals surface area contributed by atoms with Crippen molar-refractivity contribution in [3.63, 3.8) is 0 Å². The molecule has 36 heavy (non-hydrogen) atoms. The van der Waals surface area contributed by atoms with E-state index in [0.717, 1.165) is 5.56 Å². The van der Waals surface area contributed by atoms with Crippen LogP contribution in [0.2, 0.25) is 0 Å². The first kappa shape index (κ1) is 25.5. The van der Waals surface area contributed by atoms with Crippen LogP contribution in [-0.4, -0.2) is 48.6 Å². The van der Waals surface area contributed by atoms with Crippen molar-refractivity contribution in [2.75, 3.05) is 26.9 Å². The van der Waals surface area contributed by atoms with Gasteiger partial charge in [-0.1, -0.05) is 42.5 Å². The van der Waals surface area contributed by atoms with E-state index in [1.165, 1.54) is 16.2 Å². The van der Waals surface area contributed by atoms with E-state index in [1.807, 2.05) is 43.3 Å². The molecule has 1 N–H and O–H groups in total. The maximum Gasteiger partial charge on any atom is 0.290 e. The van der Waals surface area contributed by atoms with Crippen LogP contribution in [0.3, 0.4) is 0 Å². The summed E-state index contributed by atoms with van der Waals surface area (Å²) in [5, 5.41) is 12.6. The zero-order chi connectivity index (χ0) is 25.5. The van der Waals surface area contributed by atoms with Gasteiger partial charge in [0.15, 0.2) is 17.3 Å². The topological polar surface area (TPSA) is 85.3 Å². The lowest BCUT2D eigenvalue weighted by Crippen LogP contribution is -2.32. The van der Waals surface area contributed by atoms with E-state index >= 15 is 0 Å². The molecule has 1 atom stereocenters. The summed E-state index contributed by atoms with van der Waals surface area (Å²) < 4.78 is 17.0. The number of methoxy groups -OCH3 is 1. The molecular weight excluding hydrogens is 478 g/mol. The van der Waals surface area contributed by atoms with Crippen LogP contribution in [0.1, 0.15) is 40.2 Å². The molecule has 4 rings (SSSR count). The van der Waals surface area contributed by atoms with Crippen molar-refractivity contribution in [2.45, 2.75) is 26.0 Å². The van der Waals surface area contributed by atoms with Crippen molar-refractivity contribution < 1.29 is 28.9 Å². The molecule has 0 saturated carbocycles. The minimum absolute atomic E-state index is 0.0697. The molecule has 1 aliphatic heterocycles. The van der Waals surface area contributed by atoms with E-state index in [0.29, 0.717) is 54.7 Å². The van der Waals surface area contributed by atoms with Gasteiger partial charge >= 0.3 is 0 Å². The van der Waals surface area contributed by atoms with Crippen LogP contribution in [0.4, 0.5) is 0 Å². The molecule has 0 spiro atoms. The van der Waals surface area contributed by atoms with Crippen molar-refractivity contribution >= 4 is 23.0 Å². The predicted molar refractivity (Wildman–Crippen MR) is 138 cm³/mol. The van der Waals surface area contributed by atoms with Crippen molar-refractivity contribution in [1.82, 2.24) is 4.90 Å². The fourth-order valence-electron chi connectivity index (χ4n) is 4.20. The Hall–Kier alpha value is -3.62. The van der Waals surface area contributed by atoms with Gasteiger partial charge in [-0.05, 0) is 48.1 Å². The number of carbonyl (C=O) groups is 2. The summed E-state index contributed by atoms with van der Waals surface area (Å²) in [5.74, 6) is -0.391. The van der Waals surface area contributed by atoms with Gasteiger partial charge in [0.05, 0.1) is 23.1 Å². The van der Waals surface area contributed by atoms with E-state index in [9.17, 15) is 14.7 Å². The van der Waals surface area contributed by atoms with Crippen molar-refractivity contribution in [3.05, 3.63) is 93.4 Å². The fraction of sp³-hybridized carbons (Fsp3) is 0.286. The molecule has 0 bridgehead atoms. The van der Waals surface area contributed by atoms with Crippen molar-refractivity contribution in [3.8, 4) is 11.5 Å². The molecule has 3 aromatic rings. The van der Waals surface area contributed by atoms with Gasteiger partial charge in [0, 0.05) is 20.3 Å². The first-order valence-electron chi connectivity index (χ1n) is 11.8. The number of amides is 1. The van der Waals surface area contributed by atoms with Gasteiger partial charge < -0.3 is 24.2 Å². The minimum Gasteiger partial charge on any atom is -0.503 e. The Morgan fingerprint density at radius 2 is 1.86 bits per heavy atom. The molecule has 2 aromatic carbocycles. The molecule has 8 heteroatoms. The number of hydrogen-bond acceptors (Lipinski definition) is 7. The summed E-state index contributed by atoms with van der Waals surface area (Å²) in [6.07, 6.45) is 0.559. The van der Waals surface area contributed by atoms with Crippen LogP contribution in [0.25, 0.3) is 0 Å². The number of aliphatic hydroxyl groups excluding tert-OH is 1. The maximum absolute atomic E-state index is 13.4. The average Bonchev–Trinajstić information content (AvgIpc) is 3.52. The quantitative estimate of drug-likeness (QED) is 0.263. The van der Waals surface area contributed by atoms with Crippen LogP contribution in [0.5, 0.6) is 11.5 Å². The maximum atomic E-state index is 13.4. The molecule has 0 radical (unpaired) electrons. The third kappa shape index (κ3) is 5.45. The number of rotatable bonds is 12. The van der Waals surface area contributed by atoms with Gasteiger partial charge in [-0.15, -0.1) is 11.3 Å². The standard InChI is InChI=1S/C28H29NO6S/c1-3-34-22-17-20(12-13-21(22)35-18-19-9-5-4-6-10-19)25-24(26(30)23-11-7-16-36-23)27(31)28(32)29(25)14-8-15-33-2/h4-7,9-13,16-17,25,31H,3,8,14-15,18H2,1-2H3. The Balaban J connectivity index is 1.70. The van der Waals surface area contributed by atoms with E-state index in [-0.39, 0.29) is 11.4 Å². The molecule has 1 aromatic heterocycles. The number of ether oxygens (including phenoxy) is 3. The van der Waals surface area contributed by atoms with Gasteiger partial charge in [0.25, 0.3) is 5.91 Å². The number of aliphatic hydroxyl groups is 1. The third-order valence-corrected chi connectivity index (χ3v) is 6.73. The van der Waals surface area contributed by atoms with E-state index in [2.05, 4.69) is 0 Å². The van der Waals surface area contributed by atoms with E-state index in [4.69, 9.17) is 14.2 Å². The highest BCUT2D eigenvalue weighted by Gasteiger charge is 2.44. The Kier molecular flexibility index (Phi) is 8.40. The molecule has 1 unspecified atom stereocenters. The van der Waals surface area contributed by atoms with Gasteiger partial charge in [-0.2, -0.15) is 0 Å². The summed E-state index contributed by atoms with van der Waals surface area (Å²) in [6.45, 7) is 3.42. The molecule has 1 amide bonds. The van der Waals surface area contributed by atoms with Crippen LogP contribution >= 0.6 is 11.3 Å². The number of hydrogen-bond donors (Lipinski definition) is 1. The normalized spacial score (nSPS) is 15.4. The molecular formula is C28H29NO6S. The highest BCUT2D eigenvalue weighted by atomic mass is 32.1. The highest BCUT2D eigenvalue weighted by molar-refractivity contribution is 7.12. The summed E-state index contributed by atoms with van der Waals surface area (Å²) in [5.41, 5.74) is 1.74. The monoisotopic (exact) mass is 507 g/mol. The van der Waals surface area contributed by atoms with Crippen LogP contribution in [-0.2, 0) is 16.1 Å². The molecule has 0 aliphatic carbocycles. The summed E-state index contributed by atoms with van der Waals surface area (Å²) in [7, 11) is 1.59. The van der Waals surface area contributed by atoms with Crippen molar-refractivity contribution in [2.24, 2.45) is 0 Å². The Morgan fingerprint density at radius 3 is 2.56 bits per heavy atom. The average molecular weight is 508 g/mol. The Labute approximate surface area is 214 Å². The fourth-order valence-corrected chi connectivity index (χ4v) is 4.88. The molecule has 7 nitrogen and oxygen atoms in total. The summed E-state index contributed by atoms with van der Waals surface area (Å²) in [4.78, 5) is 28.4. The van der Waals surface area contributed by atoms with Crippen molar-refractivity contribution in [1.29, 1.82) is 0 Å². The molecule has 1 aliphatic rings. The second kappa shape index (κ2) is 11.9. The second-order valence-electron chi connectivity index (χ2n) is 8.23. The number of ketones is 1. The minimum atomic E-state index is -0.758. The lowest BCUT2D eigenvalue weighted by Gasteiger charge is -2.27. The second-order valence-corrected chi connectivity index (χ2v) is 9.18. The molecule has 2 heterocycles. The highest BCUT2D eigenvalue weighted by Crippen LogP contribution is 2.42. The van der Waals surface area contributed by atoms with Gasteiger partial charge in [0.1, 0.15) is 6.61 Å². The summed E-state index contributed by atoms with van der Waals surface area (Å²) >= 11 is 1.27.